The van der Waals surface area contributed by atoms with Crippen LogP contribution in [0, 0.1) is 17.1 Å². The van der Waals surface area contributed by atoms with Gasteiger partial charge in [0, 0.05) is 0 Å². The Kier molecular flexibility index (Phi) is 2.48. The summed E-state index contributed by atoms with van der Waals surface area (Å²) < 4.78 is 13.0. The lowest BCUT2D eigenvalue weighted by Crippen LogP contribution is -1.83. The molecule has 0 unspecified atom stereocenters. The zero-order valence-electron chi connectivity index (χ0n) is 5.24. The summed E-state index contributed by atoms with van der Waals surface area (Å²) in [5, 5.41) is 8.45. The van der Waals surface area contributed by atoms with Crippen molar-refractivity contribution in [1.29, 1.82) is 5.26 Å². The molecule has 56 valence electrons. The van der Waals surface area contributed by atoms with Crippen molar-refractivity contribution in [2.75, 3.05) is 0 Å². The van der Waals surface area contributed by atoms with Gasteiger partial charge >= 0.3 is 0 Å². The Hall–Kier alpha value is -0.590. The molecule has 1 nitrogen and oxygen atoms in total. The third-order valence-electron chi connectivity index (χ3n) is 1.16. The molecule has 0 radical (unpaired) electrons. The average Bonchev–Trinajstić information content (AvgIpc) is 2.01. The fourth-order valence-corrected chi connectivity index (χ4v) is 1.32. The molecule has 1 aromatic carbocycles. The molecule has 0 saturated carbocycles. The number of rotatable bonds is 0. The van der Waals surface area contributed by atoms with Gasteiger partial charge in [0.15, 0.2) is 5.82 Å². The van der Waals surface area contributed by atoms with Gasteiger partial charge in [-0.2, -0.15) is 5.26 Å². The van der Waals surface area contributed by atoms with E-state index < -0.39 is 5.82 Å². The van der Waals surface area contributed by atoms with Crippen molar-refractivity contribution < 1.29 is 4.39 Å². The molecule has 0 atom stereocenters. The van der Waals surface area contributed by atoms with E-state index in [0.29, 0.717) is 0 Å². The summed E-state index contributed by atoms with van der Waals surface area (Å²) in [5.74, 6) is -0.592. The first-order valence-corrected chi connectivity index (χ1v) is 3.87. The van der Waals surface area contributed by atoms with Crippen LogP contribution in [0.25, 0.3) is 0 Å². The van der Waals surface area contributed by atoms with Crippen LogP contribution >= 0.6 is 27.5 Å². The lowest BCUT2D eigenvalue weighted by Gasteiger charge is -1.97. The molecule has 0 aromatic heterocycles. The molecule has 0 spiro atoms. The number of hydrogen-bond acceptors (Lipinski definition) is 1. The molecule has 4 heteroatoms. The van der Waals surface area contributed by atoms with E-state index in [-0.39, 0.29) is 15.1 Å². The van der Waals surface area contributed by atoms with Gasteiger partial charge in [0.2, 0.25) is 0 Å². The van der Waals surface area contributed by atoms with Crippen LogP contribution in [0.15, 0.2) is 16.6 Å². The van der Waals surface area contributed by atoms with E-state index in [1.807, 2.05) is 6.07 Å². The zero-order valence-corrected chi connectivity index (χ0v) is 7.58. The Morgan fingerprint density at radius 1 is 1.55 bits per heavy atom. The van der Waals surface area contributed by atoms with E-state index in [1.165, 1.54) is 12.1 Å². The number of hydrogen-bond donors (Lipinski definition) is 0. The van der Waals surface area contributed by atoms with Gasteiger partial charge in [-0.15, -0.1) is 0 Å². The summed E-state index contributed by atoms with van der Waals surface area (Å²) in [6.45, 7) is 0. The maximum Gasteiger partial charge on any atom is 0.157 e. The van der Waals surface area contributed by atoms with E-state index in [4.69, 9.17) is 16.9 Å². The van der Waals surface area contributed by atoms with Crippen LogP contribution in [0.2, 0.25) is 5.02 Å². The van der Waals surface area contributed by atoms with Crippen LogP contribution in [0.4, 0.5) is 4.39 Å². The van der Waals surface area contributed by atoms with E-state index >= 15 is 0 Å². The van der Waals surface area contributed by atoms with E-state index in [9.17, 15) is 4.39 Å². The quantitative estimate of drug-likeness (QED) is 0.633. The molecule has 0 N–H and O–H groups in total. The number of nitrogens with zero attached hydrogens (tertiary/aromatic N) is 1. The minimum absolute atomic E-state index is 0.0101. The largest absolute Gasteiger partial charge is 0.204 e. The molecule has 0 saturated heterocycles. The van der Waals surface area contributed by atoms with Crippen molar-refractivity contribution in [3.05, 3.63) is 33.0 Å². The molecule has 0 fully saturated rings. The smallest absolute Gasteiger partial charge is 0.157 e. The van der Waals surface area contributed by atoms with Gasteiger partial charge in [0.1, 0.15) is 6.07 Å². The van der Waals surface area contributed by atoms with Crippen molar-refractivity contribution >= 4 is 27.5 Å². The van der Waals surface area contributed by atoms with Crippen molar-refractivity contribution in [2.45, 2.75) is 0 Å². The van der Waals surface area contributed by atoms with Crippen molar-refractivity contribution in [3.8, 4) is 6.07 Å². The number of benzene rings is 1. The highest BCUT2D eigenvalue weighted by Crippen LogP contribution is 2.25. The van der Waals surface area contributed by atoms with E-state index in [1.54, 1.807) is 0 Å². The molecule has 1 rings (SSSR count). The maximum atomic E-state index is 12.8. The van der Waals surface area contributed by atoms with Gasteiger partial charge in [-0.1, -0.05) is 11.6 Å². The lowest BCUT2D eigenvalue weighted by molar-refractivity contribution is 0.621. The Morgan fingerprint density at radius 3 is 2.73 bits per heavy atom. The fraction of sp³-hybridized carbons (Fsp3) is 0. The van der Waals surface area contributed by atoms with Crippen molar-refractivity contribution in [2.24, 2.45) is 0 Å². The predicted octanol–water partition coefficient (Wildman–Crippen LogP) is 3.11. The van der Waals surface area contributed by atoms with Crippen LogP contribution < -0.4 is 0 Å². The lowest BCUT2D eigenvalue weighted by atomic mass is 10.2. The van der Waals surface area contributed by atoms with E-state index in [0.717, 1.165) is 0 Å². The van der Waals surface area contributed by atoms with Crippen molar-refractivity contribution in [3.63, 3.8) is 0 Å². The summed E-state index contributed by atoms with van der Waals surface area (Å²) in [4.78, 5) is 0. The van der Waals surface area contributed by atoms with Gasteiger partial charge in [-0.05, 0) is 28.1 Å². The van der Waals surface area contributed by atoms with Gasteiger partial charge < -0.3 is 0 Å². The molecule has 0 heterocycles. The third-order valence-corrected chi connectivity index (χ3v) is 2.22. The molecule has 0 amide bonds. The first-order valence-electron chi connectivity index (χ1n) is 2.70. The summed E-state index contributed by atoms with van der Waals surface area (Å²) in [7, 11) is 0. The normalized spacial score (nSPS) is 9.27. The van der Waals surface area contributed by atoms with Crippen LogP contribution in [0.3, 0.4) is 0 Å². The topological polar surface area (TPSA) is 23.8 Å². The highest BCUT2D eigenvalue weighted by atomic mass is 79.9. The summed E-state index contributed by atoms with van der Waals surface area (Å²) in [6.07, 6.45) is 0. The minimum atomic E-state index is -0.592. The SMILES string of the molecule is N#Cc1ccc(Cl)c(F)c1Br. The number of halogens is 3. The fourth-order valence-electron chi connectivity index (χ4n) is 0.612. The van der Waals surface area contributed by atoms with Gasteiger partial charge in [-0.3, -0.25) is 0 Å². The molecular weight excluding hydrogens is 232 g/mol. The molecule has 11 heavy (non-hydrogen) atoms. The minimum Gasteiger partial charge on any atom is -0.204 e. The van der Waals surface area contributed by atoms with Crippen LogP contribution in [0.1, 0.15) is 5.56 Å². The first-order chi connectivity index (χ1) is 5.16. The summed E-state index contributed by atoms with van der Waals surface area (Å²) in [6, 6.07) is 4.62. The summed E-state index contributed by atoms with van der Waals surface area (Å²) >= 11 is 8.34. The third kappa shape index (κ3) is 1.52. The Bertz CT molecular complexity index is 332. The zero-order chi connectivity index (χ0) is 8.43. The Balaban J connectivity index is 3.40. The molecule has 0 bridgehead atoms. The monoisotopic (exact) mass is 233 g/mol. The van der Waals surface area contributed by atoms with Crippen LogP contribution in [-0.4, -0.2) is 0 Å². The molecular formula is C7H2BrClFN. The first kappa shape index (κ1) is 8.51. The highest BCUT2D eigenvalue weighted by Gasteiger charge is 2.08. The van der Waals surface area contributed by atoms with E-state index in [2.05, 4.69) is 15.9 Å². The summed E-state index contributed by atoms with van der Waals surface area (Å²) in [5.41, 5.74) is 0.243. The molecule has 0 aliphatic carbocycles. The Morgan fingerprint density at radius 2 is 2.18 bits per heavy atom. The maximum absolute atomic E-state index is 12.8. The van der Waals surface area contributed by atoms with Crippen LogP contribution in [-0.2, 0) is 0 Å². The second-order valence-corrected chi connectivity index (χ2v) is 3.03. The highest BCUT2D eigenvalue weighted by molar-refractivity contribution is 9.10. The van der Waals surface area contributed by atoms with Crippen LogP contribution in [0.5, 0.6) is 0 Å². The van der Waals surface area contributed by atoms with Crippen molar-refractivity contribution in [1.82, 2.24) is 0 Å². The van der Waals surface area contributed by atoms with Gasteiger partial charge in [0.25, 0.3) is 0 Å². The Labute approximate surface area is 76.5 Å². The molecule has 0 aliphatic rings. The standard InChI is InChI=1S/C7H2BrClFN/c8-6-4(3-11)1-2-5(9)7(6)10/h1-2H. The predicted molar refractivity (Wildman–Crippen MR) is 43.8 cm³/mol. The molecule has 1 aromatic rings. The van der Waals surface area contributed by atoms with Gasteiger partial charge in [0.05, 0.1) is 15.1 Å². The molecule has 0 aliphatic heterocycles. The second-order valence-electron chi connectivity index (χ2n) is 1.83. The second kappa shape index (κ2) is 3.21. The van der Waals surface area contributed by atoms with Gasteiger partial charge in [-0.25, -0.2) is 4.39 Å². The number of nitriles is 1. The average molecular weight is 234 g/mol.